The zero-order valence-corrected chi connectivity index (χ0v) is 7.17. The van der Waals surface area contributed by atoms with E-state index < -0.39 is 0 Å². The highest BCUT2D eigenvalue weighted by molar-refractivity contribution is 5.45. The van der Waals surface area contributed by atoms with Gasteiger partial charge in [-0.3, -0.25) is 0 Å². The third-order valence-electron chi connectivity index (χ3n) is 1.93. The predicted molar refractivity (Wildman–Crippen MR) is 50.4 cm³/mol. The van der Waals surface area contributed by atoms with Crippen LogP contribution in [0, 0.1) is 0 Å². The van der Waals surface area contributed by atoms with Crippen molar-refractivity contribution in [3.05, 3.63) is 18.2 Å². The standard InChI is InChI=1S/C9H13N3/c1-10-8-3-2-4-9(12-8)11-7-5-6-7/h2-4,7H,5-6H2,1H3,(H2,10,11,12). The van der Waals surface area contributed by atoms with E-state index in [2.05, 4.69) is 15.6 Å². The van der Waals surface area contributed by atoms with Crippen LogP contribution >= 0.6 is 0 Å². The van der Waals surface area contributed by atoms with Crippen molar-refractivity contribution in [2.75, 3.05) is 17.7 Å². The van der Waals surface area contributed by atoms with E-state index >= 15 is 0 Å². The largest absolute Gasteiger partial charge is 0.373 e. The molecule has 1 aromatic rings. The van der Waals surface area contributed by atoms with Crippen molar-refractivity contribution in [3.8, 4) is 0 Å². The summed E-state index contributed by atoms with van der Waals surface area (Å²) in [6, 6.07) is 6.63. The van der Waals surface area contributed by atoms with Crippen LogP contribution in [0.1, 0.15) is 12.8 Å². The Kier molecular flexibility index (Phi) is 1.86. The Balaban J connectivity index is 2.08. The van der Waals surface area contributed by atoms with Crippen molar-refractivity contribution in [1.29, 1.82) is 0 Å². The maximum Gasteiger partial charge on any atom is 0.128 e. The molecule has 64 valence electrons. The number of hydrogen-bond acceptors (Lipinski definition) is 3. The summed E-state index contributed by atoms with van der Waals surface area (Å²) in [5, 5.41) is 6.35. The number of aromatic nitrogens is 1. The van der Waals surface area contributed by atoms with E-state index in [-0.39, 0.29) is 0 Å². The lowest BCUT2D eigenvalue weighted by Crippen LogP contribution is -2.03. The molecule has 0 aromatic carbocycles. The highest BCUT2D eigenvalue weighted by atomic mass is 15.1. The first kappa shape index (κ1) is 7.40. The summed E-state index contributed by atoms with van der Waals surface area (Å²) in [6.07, 6.45) is 2.57. The van der Waals surface area contributed by atoms with E-state index in [4.69, 9.17) is 0 Å². The third-order valence-corrected chi connectivity index (χ3v) is 1.93. The average Bonchev–Trinajstić information content (AvgIpc) is 2.89. The van der Waals surface area contributed by atoms with Gasteiger partial charge in [0.2, 0.25) is 0 Å². The summed E-state index contributed by atoms with van der Waals surface area (Å²) in [7, 11) is 1.88. The fourth-order valence-electron chi connectivity index (χ4n) is 1.09. The van der Waals surface area contributed by atoms with Crippen molar-refractivity contribution in [2.45, 2.75) is 18.9 Å². The second-order valence-corrected chi connectivity index (χ2v) is 3.08. The first-order chi connectivity index (χ1) is 5.88. The molecule has 1 aromatic heterocycles. The Bertz CT molecular complexity index is 268. The van der Waals surface area contributed by atoms with E-state index in [0.717, 1.165) is 11.6 Å². The van der Waals surface area contributed by atoms with Gasteiger partial charge in [0.05, 0.1) is 0 Å². The molecule has 0 bridgehead atoms. The van der Waals surface area contributed by atoms with E-state index in [1.165, 1.54) is 12.8 Å². The van der Waals surface area contributed by atoms with Gasteiger partial charge in [0, 0.05) is 13.1 Å². The van der Waals surface area contributed by atoms with Gasteiger partial charge in [-0.2, -0.15) is 0 Å². The van der Waals surface area contributed by atoms with Gasteiger partial charge in [-0.25, -0.2) is 4.98 Å². The van der Waals surface area contributed by atoms with E-state index in [0.29, 0.717) is 6.04 Å². The first-order valence-electron chi connectivity index (χ1n) is 4.30. The Morgan fingerprint density at radius 2 is 2.08 bits per heavy atom. The molecule has 1 aliphatic rings. The predicted octanol–water partition coefficient (Wildman–Crippen LogP) is 1.70. The van der Waals surface area contributed by atoms with E-state index in [9.17, 15) is 0 Å². The minimum absolute atomic E-state index is 0.671. The second-order valence-electron chi connectivity index (χ2n) is 3.08. The highest BCUT2D eigenvalue weighted by Gasteiger charge is 2.20. The lowest BCUT2D eigenvalue weighted by atomic mass is 10.4. The summed E-state index contributed by atoms with van der Waals surface area (Å²) < 4.78 is 0. The molecule has 1 heterocycles. The van der Waals surface area contributed by atoms with Gasteiger partial charge in [0.15, 0.2) is 0 Å². The SMILES string of the molecule is CNc1cccc(NC2CC2)n1. The van der Waals surface area contributed by atoms with Crippen LogP contribution in [-0.4, -0.2) is 18.1 Å². The average molecular weight is 163 g/mol. The molecule has 1 fully saturated rings. The van der Waals surface area contributed by atoms with E-state index in [1.807, 2.05) is 25.2 Å². The molecule has 0 unspecified atom stereocenters. The van der Waals surface area contributed by atoms with Crippen LogP contribution in [0.5, 0.6) is 0 Å². The van der Waals surface area contributed by atoms with Crippen molar-refractivity contribution in [3.63, 3.8) is 0 Å². The van der Waals surface area contributed by atoms with Gasteiger partial charge in [-0.15, -0.1) is 0 Å². The quantitative estimate of drug-likeness (QED) is 0.712. The summed E-state index contributed by atoms with van der Waals surface area (Å²) in [5.74, 6) is 1.89. The third kappa shape index (κ3) is 1.67. The maximum atomic E-state index is 4.35. The first-order valence-corrected chi connectivity index (χ1v) is 4.30. The van der Waals surface area contributed by atoms with Gasteiger partial charge in [-0.1, -0.05) is 6.07 Å². The minimum Gasteiger partial charge on any atom is -0.373 e. The lowest BCUT2D eigenvalue weighted by molar-refractivity contribution is 1.11. The zero-order chi connectivity index (χ0) is 8.39. The van der Waals surface area contributed by atoms with Crippen molar-refractivity contribution in [1.82, 2.24) is 4.98 Å². The molecule has 3 nitrogen and oxygen atoms in total. The summed E-state index contributed by atoms with van der Waals surface area (Å²) in [6.45, 7) is 0. The van der Waals surface area contributed by atoms with Crippen LogP contribution in [0.4, 0.5) is 11.6 Å². The molecule has 2 rings (SSSR count). The zero-order valence-electron chi connectivity index (χ0n) is 7.17. The minimum atomic E-state index is 0.671. The molecule has 2 N–H and O–H groups in total. The maximum absolute atomic E-state index is 4.35. The molecule has 3 heteroatoms. The van der Waals surface area contributed by atoms with Crippen molar-refractivity contribution < 1.29 is 0 Å². The number of nitrogens with one attached hydrogen (secondary N) is 2. The monoisotopic (exact) mass is 163 g/mol. The fraction of sp³-hybridized carbons (Fsp3) is 0.444. The van der Waals surface area contributed by atoms with Crippen LogP contribution in [0.2, 0.25) is 0 Å². The highest BCUT2D eigenvalue weighted by Crippen LogP contribution is 2.23. The van der Waals surface area contributed by atoms with Crippen molar-refractivity contribution in [2.24, 2.45) is 0 Å². The van der Waals surface area contributed by atoms with Crippen LogP contribution in [0.3, 0.4) is 0 Å². The number of hydrogen-bond donors (Lipinski definition) is 2. The van der Waals surface area contributed by atoms with Gasteiger partial charge in [0.1, 0.15) is 11.6 Å². The molecule has 1 aliphatic carbocycles. The number of nitrogens with zero attached hydrogens (tertiary/aromatic N) is 1. The molecule has 0 aliphatic heterocycles. The Labute approximate surface area is 72.2 Å². The number of anilines is 2. The van der Waals surface area contributed by atoms with Crippen LogP contribution in [0.25, 0.3) is 0 Å². The lowest BCUT2D eigenvalue weighted by Gasteiger charge is -2.04. The molecular weight excluding hydrogens is 150 g/mol. The Morgan fingerprint density at radius 1 is 1.33 bits per heavy atom. The smallest absolute Gasteiger partial charge is 0.128 e. The molecule has 1 saturated carbocycles. The van der Waals surface area contributed by atoms with Crippen molar-refractivity contribution >= 4 is 11.6 Å². The molecule has 0 radical (unpaired) electrons. The summed E-state index contributed by atoms with van der Waals surface area (Å²) in [4.78, 5) is 4.35. The number of rotatable bonds is 3. The van der Waals surface area contributed by atoms with Crippen LogP contribution in [0.15, 0.2) is 18.2 Å². The molecule has 0 saturated heterocycles. The van der Waals surface area contributed by atoms with Crippen LogP contribution < -0.4 is 10.6 Å². The molecule has 0 amide bonds. The molecular formula is C9H13N3. The summed E-state index contributed by atoms with van der Waals surface area (Å²) >= 11 is 0. The number of pyridine rings is 1. The second kappa shape index (κ2) is 3.01. The molecule has 0 spiro atoms. The summed E-state index contributed by atoms with van der Waals surface area (Å²) in [5.41, 5.74) is 0. The van der Waals surface area contributed by atoms with Gasteiger partial charge in [-0.05, 0) is 25.0 Å². The van der Waals surface area contributed by atoms with Gasteiger partial charge in [0.25, 0.3) is 0 Å². The van der Waals surface area contributed by atoms with Gasteiger partial charge < -0.3 is 10.6 Å². The normalized spacial score (nSPS) is 15.8. The fourth-order valence-corrected chi connectivity index (χ4v) is 1.09. The van der Waals surface area contributed by atoms with E-state index in [1.54, 1.807) is 0 Å². The molecule has 12 heavy (non-hydrogen) atoms. The Morgan fingerprint density at radius 3 is 2.75 bits per heavy atom. The topological polar surface area (TPSA) is 37.0 Å². The molecule has 0 atom stereocenters. The van der Waals surface area contributed by atoms with Crippen LogP contribution in [-0.2, 0) is 0 Å². The Hall–Kier alpha value is -1.25. The van der Waals surface area contributed by atoms with Gasteiger partial charge >= 0.3 is 0 Å².